The van der Waals surface area contributed by atoms with Gasteiger partial charge < -0.3 is 14.2 Å². The highest BCUT2D eigenvalue weighted by Gasteiger charge is 2.28. The highest BCUT2D eigenvalue weighted by molar-refractivity contribution is 7.17. The fourth-order valence-corrected chi connectivity index (χ4v) is 4.12. The van der Waals surface area contributed by atoms with E-state index in [1.165, 1.54) is 0 Å². The first kappa shape index (κ1) is 16.4. The maximum absolute atomic E-state index is 5.51. The number of fused-ring (bicyclic) bond motifs is 1. The van der Waals surface area contributed by atoms with Crippen LogP contribution in [0, 0.1) is 6.92 Å². The number of aryl methyl sites for hydroxylation is 1. The summed E-state index contributed by atoms with van der Waals surface area (Å²) in [6.07, 6.45) is 2.81. The van der Waals surface area contributed by atoms with Gasteiger partial charge in [0.15, 0.2) is 5.82 Å². The molecule has 0 unspecified atom stereocenters. The second-order valence-corrected chi connectivity index (χ2v) is 7.22. The van der Waals surface area contributed by atoms with Gasteiger partial charge in [0.05, 0.1) is 22.7 Å². The van der Waals surface area contributed by atoms with Gasteiger partial charge in [0.25, 0.3) is 0 Å². The third-order valence-corrected chi connectivity index (χ3v) is 5.38. The number of thiophene rings is 1. The smallest absolute Gasteiger partial charge is 0.231 e. The molecule has 1 aliphatic rings. The van der Waals surface area contributed by atoms with Crippen molar-refractivity contribution in [3.8, 4) is 0 Å². The molecule has 0 radical (unpaired) electrons. The van der Waals surface area contributed by atoms with Gasteiger partial charge in [-0.05, 0) is 31.2 Å². The maximum Gasteiger partial charge on any atom is 0.231 e. The van der Waals surface area contributed by atoms with Crippen LogP contribution in [-0.4, -0.2) is 46.9 Å². The molecule has 0 aliphatic carbocycles. The van der Waals surface area contributed by atoms with Crippen molar-refractivity contribution in [3.05, 3.63) is 29.0 Å². The summed E-state index contributed by atoms with van der Waals surface area (Å²) in [7, 11) is 1.68. The standard InChI is InChI=1S/C17H21N5O2S/c1-11-18-13-6-9-25-15(13)16(19-11)22-7-3-4-12(10-22)17-20-14(21-24-17)5-8-23-2/h6,9,12H,3-5,7-8,10H2,1-2H3/t12-/m0/s1. The Hall–Kier alpha value is -2.06. The summed E-state index contributed by atoms with van der Waals surface area (Å²) in [6, 6.07) is 2.06. The average Bonchev–Trinajstić information content (AvgIpc) is 3.28. The monoisotopic (exact) mass is 359 g/mol. The van der Waals surface area contributed by atoms with Crippen molar-refractivity contribution in [2.24, 2.45) is 0 Å². The maximum atomic E-state index is 5.51. The molecule has 1 saturated heterocycles. The lowest BCUT2D eigenvalue weighted by Crippen LogP contribution is -2.35. The molecule has 132 valence electrons. The Balaban J connectivity index is 1.56. The Morgan fingerprint density at radius 1 is 1.36 bits per heavy atom. The van der Waals surface area contributed by atoms with Gasteiger partial charge in [-0.1, -0.05) is 5.16 Å². The van der Waals surface area contributed by atoms with Crippen LogP contribution in [0.1, 0.15) is 36.3 Å². The normalized spacial score (nSPS) is 18.2. The zero-order valence-electron chi connectivity index (χ0n) is 14.4. The van der Waals surface area contributed by atoms with E-state index in [0.29, 0.717) is 18.9 Å². The van der Waals surface area contributed by atoms with Crippen LogP contribution in [0.15, 0.2) is 16.0 Å². The van der Waals surface area contributed by atoms with Gasteiger partial charge in [-0.3, -0.25) is 0 Å². The Bertz CT molecular complexity index is 862. The summed E-state index contributed by atoms with van der Waals surface area (Å²) < 4.78 is 11.7. The number of rotatable bonds is 5. The minimum Gasteiger partial charge on any atom is -0.384 e. The van der Waals surface area contributed by atoms with Crippen LogP contribution in [0.4, 0.5) is 5.82 Å². The largest absolute Gasteiger partial charge is 0.384 e. The molecule has 0 saturated carbocycles. The molecule has 4 rings (SSSR count). The molecule has 1 atom stereocenters. The van der Waals surface area contributed by atoms with Crippen LogP contribution in [-0.2, 0) is 11.2 Å². The van der Waals surface area contributed by atoms with Crippen LogP contribution in [0.25, 0.3) is 10.2 Å². The molecule has 0 amide bonds. The van der Waals surface area contributed by atoms with E-state index in [1.54, 1.807) is 18.4 Å². The lowest BCUT2D eigenvalue weighted by Gasteiger charge is -2.32. The van der Waals surface area contributed by atoms with Crippen molar-refractivity contribution in [2.75, 3.05) is 31.7 Å². The van der Waals surface area contributed by atoms with Crippen molar-refractivity contribution in [3.63, 3.8) is 0 Å². The van der Waals surface area contributed by atoms with E-state index < -0.39 is 0 Å². The number of ether oxygens (including phenoxy) is 1. The quantitative estimate of drug-likeness (QED) is 0.693. The molecule has 1 fully saturated rings. The van der Waals surface area contributed by atoms with Gasteiger partial charge in [0, 0.05) is 26.6 Å². The van der Waals surface area contributed by atoms with Gasteiger partial charge in [-0.25, -0.2) is 9.97 Å². The fraction of sp³-hybridized carbons (Fsp3) is 0.529. The number of nitrogens with zero attached hydrogens (tertiary/aromatic N) is 5. The first-order valence-electron chi connectivity index (χ1n) is 8.53. The van der Waals surface area contributed by atoms with Crippen molar-refractivity contribution in [1.82, 2.24) is 20.1 Å². The van der Waals surface area contributed by atoms with Crippen molar-refractivity contribution in [2.45, 2.75) is 32.1 Å². The lowest BCUT2D eigenvalue weighted by atomic mass is 9.98. The van der Waals surface area contributed by atoms with Gasteiger partial charge in [-0.2, -0.15) is 4.98 Å². The van der Waals surface area contributed by atoms with Gasteiger partial charge >= 0.3 is 0 Å². The summed E-state index contributed by atoms with van der Waals surface area (Å²) in [5.74, 6) is 3.52. The summed E-state index contributed by atoms with van der Waals surface area (Å²) in [5.41, 5.74) is 1.02. The third kappa shape index (κ3) is 3.36. The zero-order chi connectivity index (χ0) is 17.2. The fourth-order valence-electron chi connectivity index (χ4n) is 3.27. The summed E-state index contributed by atoms with van der Waals surface area (Å²) in [4.78, 5) is 16.1. The number of hydrogen-bond donors (Lipinski definition) is 0. The third-order valence-electron chi connectivity index (χ3n) is 4.48. The van der Waals surface area contributed by atoms with Crippen molar-refractivity contribution < 1.29 is 9.26 Å². The molecular formula is C17H21N5O2S. The first-order valence-corrected chi connectivity index (χ1v) is 9.41. The van der Waals surface area contributed by atoms with Crippen LogP contribution in [0.5, 0.6) is 0 Å². The molecule has 8 heteroatoms. The van der Waals surface area contributed by atoms with E-state index in [1.807, 2.05) is 6.92 Å². The molecule has 3 aromatic rings. The minimum absolute atomic E-state index is 0.239. The van der Waals surface area contributed by atoms with Crippen LogP contribution in [0.2, 0.25) is 0 Å². The van der Waals surface area contributed by atoms with Gasteiger partial charge in [0.2, 0.25) is 5.89 Å². The number of methoxy groups -OCH3 is 1. The Morgan fingerprint density at radius 2 is 2.28 bits per heavy atom. The molecule has 25 heavy (non-hydrogen) atoms. The summed E-state index contributed by atoms with van der Waals surface area (Å²) in [6.45, 7) is 4.38. The summed E-state index contributed by atoms with van der Waals surface area (Å²) >= 11 is 1.69. The van der Waals surface area contributed by atoms with E-state index >= 15 is 0 Å². The SMILES string of the molecule is COCCc1noc([C@H]2CCCN(c3nc(C)nc4ccsc34)C2)n1. The molecule has 7 nitrogen and oxygen atoms in total. The predicted octanol–water partition coefficient (Wildman–Crippen LogP) is 2.96. The minimum atomic E-state index is 0.239. The van der Waals surface area contributed by atoms with E-state index in [4.69, 9.17) is 14.2 Å². The number of piperidine rings is 1. The molecule has 0 aromatic carbocycles. The number of hydrogen-bond acceptors (Lipinski definition) is 8. The molecular weight excluding hydrogens is 338 g/mol. The molecule has 3 aromatic heterocycles. The molecule has 0 spiro atoms. The zero-order valence-corrected chi connectivity index (χ0v) is 15.3. The Morgan fingerprint density at radius 3 is 3.16 bits per heavy atom. The van der Waals surface area contributed by atoms with E-state index in [-0.39, 0.29) is 5.92 Å². The lowest BCUT2D eigenvalue weighted by molar-refractivity contribution is 0.199. The van der Waals surface area contributed by atoms with Gasteiger partial charge in [0.1, 0.15) is 11.6 Å². The molecule has 1 aliphatic heterocycles. The average molecular weight is 359 g/mol. The topological polar surface area (TPSA) is 77.2 Å². The first-order chi connectivity index (χ1) is 12.2. The van der Waals surface area contributed by atoms with Crippen molar-refractivity contribution in [1.29, 1.82) is 0 Å². The predicted molar refractivity (Wildman–Crippen MR) is 96.2 cm³/mol. The Kier molecular flexibility index (Phi) is 4.63. The van der Waals surface area contributed by atoms with Crippen LogP contribution >= 0.6 is 11.3 Å². The van der Waals surface area contributed by atoms with E-state index in [2.05, 4.69) is 31.5 Å². The second kappa shape index (κ2) is 7.05. The number of aromatic nitrogens is 4. The highest BCUT2D eigenvalue weighted by atomic mass is 32.1. The van der Waals surface area contributed by atoms with Crippen LogP contribution in [0.3, 0.4) is 0 Å². The highest BCUT2D eigenvalue weighted by Crippen LogP contribution is 2.34. The Labute approximate surface area is 150 Å². The number of anilines is 1. The van der Waals surface area contributed by atoms with Crippen molar-refractivity contribution >= 4 is 27.4 Å². The summed E-state index contributed by atoms with van der Waals surface area (Å²) in [5, 5.41) is 6.15. The molecule has 4 heterocycles. The molecule has 0 bridgehead atoms. The van der Waals surface area contributed by atoms with Crippen LogP contribution < -0.4 is 4.90 Å². The van der Waals surface area contributed by atoms with E-state index in [9.17, 15) is 0 Å². The van der Waals surface area contributed by atoms with E-state index in [0.717, 1.165) is 53.7 Å². The molecule has 0 N–H and O–H groups in total. The van der Waals surface area contributed by atoms with Gasteiger partial charge in [-0.15, -0.1) is 11.3 Å². The second-order valence-electron chi connectivity index (χ2n) is 6.31.